The molecule has 0 radical (unpaired) electrons. The van der Waals surface area contributed by atoms with E-state index in [1.165, 1.54) is 13.0 Å². The van der Waals surface area contributed by atoms with Crippen molar-refractivity contribution in [2.24, 2.45) is 0 Å². The number of ether oxygens (including phenoxy) is 1. The molecule has 8 heteroatoms. The lowest BCUT2D eigenvalue weighted by Gasteiger charge is -2.14. The van der Waals surface area contributed by atoms with Gasteiger partial charge in [-0.25, -0.2) is 4.79 Å². The number of benzene rings is 2. The minimum atomic E-state index is -1.12. The molecule has 0 aliphatic carbocycles. The van der Waals surface area contributed by atoms with Gasteiger partial charge in [0.1, 0.15) is 17.1 Å². The molecule has 0 bridgehead atoms. The Labute approximate surface area is 182 Å². The molecule has 4 aromatic rings. The number of aromatic nitrogens is 1. The van der Waals surface area contributed by atoms with Crippen molar-refractivity contribution in [1.82, 2.24) is 5.16 Å². The summed E-state index contributed by atoms with van der Waals surface area (Å²) in [6.45, 7) is 4.80. The summed E-state index contributed by atoms with van der Waals surface area (Å²) in [6.07, 6.45) is -1.12. The fourth-order valence-corrected chi connectivity index (χ4v) is 3.27. The lowest BCUT2D eigenvalue weighted by atomic mass is 10.0. The van der Waals surface area contributed by atoms with Crippen LogP contribution in [-0.4, -0.2) is 23.1 Å². The second-order valence-corrected chi connectivity index (χ2v) is 7.29. The van der Waals surface area contributed by atoms with Crippen molar-refractivity contribution in [3.63, 3.8) is 0 Å². The van der Waals surface area contributed by atoms with Gasteiger partial charge in [0.15, 0.2) is 22.9 Å². The summed E-state index contributed by atoms with van der Waals surface area (Å²) in [7, 11) is 0. The van der Waals surface area contributed by atoms with Crippen molar-refractivity contribution < 1.29 is 23.3 Å². The molecule has 2 aromatic carbocycles. The zero-order chi connectivity index (χ0) is 22.8. The molecule has 1 N–H and O–H groups in total. The van der Waals surface area contributed by atoms with Crippen LogP contribution in [0.1, 0.15) is 28.6 Å². The van der Waals surface area contributed by atoms with Crippen molar-refractivity contribution in [2.45, 2.75) is 26.9 Å². The lowest BCUT2D eigenvalue weighted by molar-refractivity contribution is -0.123. The molecule has 0 fully saturated rings. The third-order valence-electron chi connectivity index (χ3n) is 4.93. The van der Waals surface area contributed by atoms with E-state index in [1.807, 2.05) is 30.3 Å². The number of amides is 1. The van der Waals surface area contributed by atoms with E-state index in [4.69, 9.17) is 13.7 Å². The number of fused-ring (bicyclic) bond motifs is 1. The smallest absolute Gasteiger partial charge is 0.342 e. The summed E-state index contributed by atoms with van der Waals surface area (Å²) in [4.78, 5) is 38.2. The van der Waals surface area contributed by atoms with Gasteiger partial charge in [-0.2, -0.15) is 0 Å². The van der Waals surface area contributed by atoms with Crippen molar-refractivity contribution in [3.8, 4) is 11.3 Å². The van der Waals surface area contributed by atoms with Crippen molar-refractivity contribution in [2.75, 3.05) is 5.32 Å². The number of carbonyl (C=O) groups excluding carboxylic acids is 2. The number of para-hydroxylation sites is 1. The minimum absolute atomic E-state index is 0.0497. The summed E-state index contributed by atoms with van der Waals surface area (Å²) in [5, 5.41) is 6.44. The summed E-state index contributed by atoms with van der Waals surface area (Å²) >= 11 is 0. The second kappa shape index (κ2) is 8.50. The Morgan fingerprint density at radius 2 is 1.81 bits per heavy atom. The Hall–Kier alpha value is -4.20. The largest absolute Gasteiger partial charge is 0.455 e. The van der Waals surface area contributed by atoms with Crippen molar-refractivity contribution >= 4 is 28.7 Å². The average Bonchev–Trinajstić information content (AvgIpc) is 3.20. The number of aryl methyl sites for hydroxylation is 1. The molecular weight excluding hydrogens is 412 g/mol. The first-order valence-corrected chi connectivity index (χ1v) is 9.92. The molecule has 0 saturated carbocycles. The third kappa shape index (κ3) is 4.02. The van der Waals surface area contributed by atoms with Crippen LogP contribution in [0, 0.1) is 13.8 Å². The molecule has 0 spiro atoms. The molecule has 162 valence electrons. The molecule has 0 saturated heterocycles. The van der Waals surface area contributed by atoms with Crippen LogP contribution >= 0.6 is 0 Å². The fourth-order valence-electron chi connectivity index (χ4n) is 3.27. The Morgan fingerprint density at radius 3 is 2.50 bits per heavy atom. The number of esters is 1. The minimum Gasteiger partial charge on any atom is -0.455 e. The van der Waals surface area contributed by atoms with Crippen LogP contribution in [0.25, 0.3) is 22.3 Å². The van der Waals surface area contributed by atoms with E-state index in [0.717, 1.165) is 0 Å². The second-order valence-electron chi connectivity index (χ2n) is 7.29. The Balaban J connectivity index is 1.66. The van der Waals surface area contributed by atoms with Gasteiger partial charge in [0.25, 0.3) is 5.91 Å². The molecule has 2 heterocycles. The highest BCUT2D eigenvalue weighted by molar-refractivity contribution is 6.04. The first-order chi connectivity index (χ1) is 15.3. The summed E-state index contributed by atoms with van der Waals surface area (Å²) < 4.78 is 16.3. The average molecular weight is 432 g/mol. The molecule has 4 rings (SSSR count). The Kier molecular flexibility index (Phi) is 5.59. The van der Waals surface area contributed by atoms with Crippen molar-refractivity contribution in [3.05, 3.63) is 81.7 Å². The quantitative estimate of drug-likeness (QED) is 0.469. The number of nitrogens with one attached hydrogen (secondary N) is 1. The highest BCUT2D eigenvalue weighted by Gasteiger charge is 2.24. The van der Waals surface area contributed by atoms with Crippen molar-refractivity contribution in [1.29, 1.82) is 0 Å². The number of anilines is 1. The topological polar surface area (TPSA) is 112 Å². The number of rotatable bonds is 5. The summed E-state index contributed by atoms with van der Waals surface area (Å²) in [5.41, 5.74) is 1.06. The highest BCUT2D eigenvalue weighted by Crippen LogP contribution is 2.27. The predicted molar refractivity (Wildman–Crippen MR) is 117 cm³/mol. The van der Waals surface area contributed by atoms with Crippen LogP contribution < -0.4 is 10.7 Å². The molecule has 2 aromatic heterocycles. The molecule has 0 aliphatic heterocycles. The maximum atomic E-state index is 12.9. The summed E-state index contributed by atoms with van der Waals surface area (Å²) in [5.74, 6) is -0.250. The molecule has 1 atom stereocenters. The van der Waals surface area contributed by atoms with Crippen LogP contribution in [0.2, 0.25) is 0 Å². The van der Waals surface area contributed by atoms with Gasteiger partial charge >= 0.3 is 5.97 Å². The van der Waals surface area contributed by atoms with Crippen LogP contribution in [0.15, 0.2) is 68.3 Å². The number of nitrogens with zero attached hydrogens (tertiary/aromatic N) is 1. The number of hydrogen-bond acceptors (Lipinski definition) is 7. The van der Waals surface area contributed by atoms with E-state index in [-0.39, 0.29) is 27.8 Å². The predicted octanol–water partition coefficient (Wildman–Crippen LogP) is 4.25. The van der Waals surface area contributed by atoms with E-state index in [0.29, 0.717) is 22.6 Å². The van der Waals surface area contributed by atoms with Gasteiger partial charge in [0, 0.05) is 17.2 Å². The molecule has 1 unspecified atom stereocenters. The molecule has 1 amide bonds. The normalized spacial score (nSPS) is 11.8. The maximum absolute atomic E-state index is 12.9. The van der Waals surface area contributed by atoms with Gasteiger partial charge in [-0.3, -0.25) is 9.59 Å². The zero-order valence-electron chi connectivity index (χ0n) is 17.7. The van der Waals surface area contributed by atoms with Crippen LogP contribution in [0.4, 0.5) is 5.82 Å². The Bertz CT molecular complexity index is 1370. The van der Waals surface area contributed by atoms with E-state index < -0.39 is 18.0 Å². The molecule has 8 nitrogen and oxygen atoms in total. The molecule has 32 heavy (non-hydrogen) atoms. The van der Waals surface area contributed by atoms with Crippen LogP contribution in [0.5, 0.6) is 0 Å². The van der Waals surface area contributed by atoms with Crippen LogP contribution in [-0.2, 0) is 9.53 Å². The van der Waals surface area contributed by atoms with E-state index in [1.54, 1.807) is 32.0 Å². The molecule has 0 aliphatic rings. The van der Waals surface area contributed by atoms with Gasteiger partial charge in [-0.05, 0) is 32.9 Å². The van der Waals surface area contributed by atoms with E-state index in [2.05, 4.69) is 10.5 Å². The maximum Gasteiger partial charge on any atom is 0.342 e. The first kappa shape index (κ1) is 21.0. The highest BCUT2D eigenvalue weighted by atomic mass is 16.5. The monoisotopic (exact) mass is 432 g/mol. The van der Waals surface area contributed by atoms with Gasteiger partial charge < -0.3 is 19.0 Å². The number of hydrogen-bond donors (Lipinski definition) is 1. The lowest BCUT2D eigenvalue weighted by Crippen LogP contribution is -2.30. The van der Waals surface area contributed by atoms with Gasteiger partial charge in [0.05, 0.1) is 5.39 Å². The Morgan fingerprint density at radius 1 is 1.06 bits per heavy atom. The zero-order valence-corrected chi connectivity index (χ0v) is 17.7. The summed E-state index contributed by atoms with van der Waals surface area (Å²) in [6, 6.07) is 15.3. The van der Waals surface area contributed by atoms with Gasteiger partial charge in [0.2, 0.25) is 0 Å². The van der Waals surface area contributed by atoms with Gasteiger partial charge in [-0.1, -0.05) is 41.6 Å². The standard InChI is InChI=1S/C24H20N2O6/c1-13-12-19(26-32-13)25-23(28)15(3)30-24(29)18-11-7-10-17-20(27)14(2)21(31-22(17)18)16-8-5-4-6-9-16/h4-12,15H,1-3H3,(H,25,26,28). The fraction of sp³-hybridized carbons (Fsp3) is 0.167. The number of carbonyl (C=O) groups is 2. The van der Waals surface area contributed by atoms with E-state index in [9.17, 15) is 14.4 Å². The SMILES string of the molecule is Cc1cc(NC(=O)C(C)OC(=O)c2cccc3c(=O)c(C)c(-c4ccccc4)oc23)no1. The van der Waals surface area contributed by atoms with Crippen LogP contribution in [0.3, 0.4) is 0 Å². The third-order valence-corrected chi connectivity index (χ3v) is 4.93. The molecular formula is C24H20N2O6. The van der Waals surface area contributed by atoms with Gasteiger partial charge in [-0.15, -0.1) is 0 Å². The first-order valence-electron chi connectivity index (χ1n) is 9.92. The van der Waals surface area contributed by atoms with E-state index >= 15 is 0 Å².